The van der Waals surface area contributed by atoms with E-state index in [0.717, 1.165) is 57.8 Å². The first-order chi connectivity index (χ1) is 27.4. The highest BCUT2D eigenvalue weighted by Gasteiger charge is 2.51. The van der Waals surface area contributed by atoms with Gasteiger partial charge in [-0.05, 0) is 157 Å². The number of hydrogen-bond donors (Lipinski definition) is 3. The molecule has 10 nitrogen and oxygen atoms in total. The Morgan fingerprint density at radius 2 is 0.898 bits per heavy atom. The molecule has 3 N–H and O–H groups in total. The predicted octanol–water partition coefficient (Wildman–Crippen LogP) is 12.7. The van der Waals surface area contributed by atoms with Gasteiger partial charge < -0.3 is 16.0 Å². The van der Waals surface area contributed by atoms with Crippen LogP contribution >= 0.6 is 0 Å². The summed E-state index contributed by atoms with van der Waals surface area (Å²) in [6, 6.07) is 0.449. The molecule has 2 unspecified atom stereocenters. The highest BCUT2D eigenvalue weighted by molar-refractivity contribution is 5.44. The summed E-state index contributed by atoms with van der Waals surface area (Å²) in [6.45, 7) is 35.2. The Hall–Kier alpha value is -1.75. The first kappa shape index (κ1) is 48.3. The van der Waals surface area contributed by atoms with E-state index in [1.807, 2.05) is 0 Å². The van der Waals surface area contributed by atoms with Gasteiger partial charge in [0.15, 0.2) is 0 Å². The first-order valence-corrected chi connectivity index (χ1v) is 24.4. The average Bonchev–Trinajstić information content (AvgIpc) is 3.10. The van der Waals surface area contributed by atoms with Gasteiger partial charge in [-0.1, -0.05) is 86.0 Å². The number of nitrogens with one attached hydrogen (secondary N) is 3. The van der Waals surface area contributed by atoms with Crippen molar-refractivity contribution in [3.8, 4) is 0 Å². The smallest absolute Gasteiger partial charge is 0.229 e. The monoisotopic (exact) mass is 825 g/mol. The summed E-state index contributed by atoms with van der Waals surface area (Å²) in [5.41, 5.74) is -0.456. The normalized spacial score (nSPS) is 25.1. The highest BCUT2D eigenvalue weighted by Crippen LogP contribution is 2.47. The van der Waals surface area contributed by atoms with E-state index in [0.29, 0.717) is 41.9 Å². The number of piperidine rings is 2. The Balaban J connectivity index is 1.41. The second-order valence-electron chi connectivity index (χ2n) is 24.0. The fourth-order valence-electron chi connectivity index (χ4n) is 12.5. The van der Waals surface area contributed by atoms with E-state index in [2.05, 4.69) is 130 Å². The Kier molecular flexibility index (Phi) is 15.8. The van der Waals surface area contributed by atoms with Crippen LogP contribution in [-0.2, 0) is 9.68 Å². The van der Waals surface area contributed by atoms with E-state index < -0.39 is 0 Å². The topological polar surface area (TPSA) is 99.7 Å². The summed E-state index contributed by atoms with van der Waals surface area (Å²) < 4.78 is 0. The number of hydrogen-bond acceptors (Lipinski definition) is 10. The van der Waals surface area contributed by atoms with Gasteiger partial charge in [-0.25, -0.2) is 0 Å². The summed E-state index contributed by atoms with van der Waals surface area (Å²) in [5.74, 6) is 2.84. The van der Waals surface area contributed by atoms with Crippen LogP contribution in [0.1, 0.15) is 226 Å². The molecule has 1 aromatic heterocycles. The van der Waals surface area contributed by atoms with Crippen molar-refractivity contribution in [1.82, 2.24) is 25.1 Å². The molecule has 2 saturated heterocycles. The SMILES string of the molecule is CCCC(Nc1nc(NC(CCC)C2CC(C)(C)N(OC3CCCCC3)C(C)(C)C2)nc(NC(C)(C)CC(C)(C)C)n1)C1CC(C)(C)N(OC2CCCCC2)C(C)(C)C1. The second kappa shape index (κ2) is 19.3. The zero-order valence-electron chi connectivity index (χ0n) is 41.0. The van der Waals surface area contributed by atoms with E-state index in [9.17, 15) is 0 Å². The van der Waals surface area contributed by atoms with Crippen LogP contribution in [0, 0.1) is 17.3 Å². The molecule has 0 amide bonds. The van der Waals surface area contributed by atoms with Crippen LogP contribution in [0.15, 0.2) is 0 Å². The van der Waals surface area contributed by atoms with Gasteiger partial charge in [0.05, 0.1) is 12.2 Å². The summed E-state index contributed by atoms with van der Waals surface area (Å²) in [5, 5.41) is 16.5. The fraction of sp³-hybridized carbons (Fsp3) is 0.939. The van der Waals surface area contributed by atoms with Crippen LogP contribution in [0.5, 0.6) is 0 Å². The van der Waals surface area contributed by atoms with Crippen molar-refractivity contribution in [1.29, 1.82) is 0 Å². The minimum absolute atomic E-state index is 0.0982. The number of hydroxylamine groups is 4. The minimum Gasteiger partial charge on any atom is -0.351 e. The van der Waals surface area contributed by atoms with E-state index in [1.54, 1.807) is 0 Å². The molecule has 0 radical (unpaired) electrons. The first-order valence-electron chi connectivity index (χ1n) is 24.4. The molecule has 0 spiro atoms. The average molecular weight is 825 g/mol. The summed E-state index contributed by atoms with van der Waals surface area (Å²) in [7, 11) is 0. The lowest BCUT2D eigenvalue weighted by Crippen LogP contribution is -2.63. The van der Waals surface area contributed by atoms with Gasteiger partial charge in [-0.3, -0.25) is 9.68 Å². The van der Waals surface area contributed by atoms with E-state index in [-0.39, 0.29) is 45.2 Å². The molecule has 10 heteroatoms. The number of anilines is 3. The van der Waals surface area contributed by atoms with Crippen molar-refractivity contribution >= 4 is 17.8 Å². The maximum absolute atomic E-state index is 6.91. The molecule has 4 aliphatic rings. The maximum atomic E-state index is 6.91. The maximum Gasteiger partial charge on any atom is 0.229 e. The molecule has 1 aromatic rings. The summed E-state index contributed by atoms with van der Waals surface area (Å²) in [4.78, 5) is 29.4. The number of rotatable bonds is 17. The molecule has 4 fully saturated rings. The fourth-order valence-corrected chi connectivity index (χ4v) is 12.5. The Labute approximate surface area is 362 Å². The quantitative estimate of drug-likeness (QED) is 0.141. The van der Waals surface area contributed by atoms with Gasteiger partial charge in [0.2, 0.25) is 17.8 Å². The van der Waals surface area contributed by atoms with Crippen LogP contribution in [0.4, 0.5) is 17.8 Å². The molecule has 2 aliphatic carbocycles. The largest absolute Gasteiger partial charge is 0.351 e. The lowest BCUT2D eigenvalue weighted by molar-refractivity contribution is -0.314. The molecule has 0 aromatic carbocycles. The van der Waals surface area contributed by atoms with Gasteiger partial charge in [-0.15, -0.1) is 0 Å². The lowest BCUT2D eigenvalue weighted by atomic mass is 9.71. The molecule has 2 saturated carbocycles. The lowest BCUT2D eigenvalue weighted by Gasteiger charge is -2.56. The van der Waals surface area contributed by atoms with Crippen molar-refractivity contribution in [2.24, 2.45) is 17.3 Å². The minimum atomic E-state index is -0.210. The summed E-state index contributed by atoms with van der Waals surface area (Å²) in [6.07, 6.45) is 22.6. The zero-order chi connectivity index (χ0) is 43.4. The molecule has 340 valence electrons. The molecular formula is C49H92N8O2. The molecule has 3 heterocycles. The highest BCUT2D eigenvalue weighted by atomic mass is 16.7. The van der Waals surface area contributed by atoms with E-state index >= 15 is 0 Å². The second-order valence-corrected chi connectivity index (χ2v) is 24.0. The molecule has 5 rings (SSSR count). The molecule has 0 bridgehead atoms. The molecule has 2 aliphatic heterocycles. The van der Waals surface area contributed by atoms with Gasteiger partial charge in [0, 0.05) is 39.8 Å². The van der Waals surface area contributed by atoms with Crippen LogP contribution < -0.4 is 16.0 Å². The third-order valence-corrected chi connectivity index (χ3v) is 13.9. The number of aromatic nitrogens is 3. The standard InChI is InChI=1S/C49H92N8O2/c1-16-24-39(35-30-46(8,9)56(47(10,11)31-35)58-37-26-20-18-21-27-37)50-41-52-42(54-43(53-41)55-45(6,7)34-44(3,4)5)51-40(25-17-2)36-32-48(12,13)57(49(14,15)33-36)59-38-28-22-19-23-29-38/h35-40H,16-34H2,1-15H3,(H3,50,51,52,53,54,55). The van der Waals surface area contributed by atoms with Crippen LogP contribution in [0.25, 0.3) is 0 Å². The van der Waals surface area contributed by atoms with E-state index in [1.165, 1.54) is 64.2 Å². The Morgan fingerprint density at radius 3 is 1.22 bits per heavy atom. The van der Waals surface area contributed by atoms with E-state index in [4.69, 9.17) is 24.6 Å². The number of nitrogens with zero attached hydrogens (tertiary/aromatic N) is 5. The van der Waals surface area contributed by atoms with Crippen molar-refractivity contribution in [2.75, 3.05) is 16.0 Å². The van der Waals surface area contributed by atoms with Gasteiger partial charge in [-0.2, -0.15) is 25.1 Å². The third-order valence-electron chi connectivity index (χ3n) is 13.9. The predicted molar refractivity (Wildman–Crippen MR) is 248 cm³/mol. The van der Waals surface area contributed by atoms with Crippen molar-refractivity contribution < 1.29 is 9.68 Å². The van der Waals surface area contributed by atoms with Crippen molar-refractivity contribution in [3.63, 3.8) is 0 Å². The van der Waals surface area contributed by atoms with Crippen molar-refractivity contribution in [2.45, 2.75) is 278 Å². The molecule has 2 atom stereocenters. The van der Waals surface area contributed by atoms with Crippen LogP contribution in [-0.4, -0.2) is 77.1 Å². The summed E-state index contributed by atoms with van der Waals surface area (Å²) >= 11 is 0. The molecular weight excluding hydrogens is 733 g/mol. The van der Waals surface area contributed by atoms with Crippen LogP contribution in [0.2, 0.25) is 0 Å². The van der Waals surface area contributed by atoms with Crippen LogP contribution in [0.3, 0.4) is 0 Å². The van der Waals surface area contributed by atoms with Gasteiger partial charge in [0.25, 0.3) is 0 Å². The van der Waals surface area contributed by atoms with Gasteiger partial charge in [0.1, 0.15) is 0 Å². The van der Waals surface area contributed by atoms with Gasteiger partial charge >= 0.3 is 0 Å². The van der Waals surface area contributed by atoms with Crippen molar-refractivity contribution in [3.05, 3.63) is 0 Å². The molecule has 59 heavy (non-hydrogen) atoms. The Morgan fingerprint density at radius 1 is 0.559 bits per heavy atom. The Bertz CT molecular complexity index is 1330. The third kappa shape index (κ3) is 13.4. The zero-order valence-corrected chi connectivity index (χ0v) is 41.0.